The maximum Gasteiger partial charge on any atom is 0.216 e. The molecule has 1 aliphatic rings. The van der Waals surface area contributed by atoms with E-state index >= 15 is 0 Å². The Hall–Kier alpha value is -0.920. The predicted molar refractivity (Wildman–Crippen MR) is 83.2 cm³/mol. The average Bonchev–Trinajstić information content (AvgIpc) is 2.97. The molecule has 1 saturated heterocycles. The minimum atomic E-state index is -3.14. The minimum absolute atomic E-state index is 0.343. The van der Waals surface area contributed by atoms with E-state index in [4.69, 9.17) is 0 Å². The van der Waals surface area contributed by atoms with Crippen LogP contribution in [0.3, 0.4) is 0 Å². The molecule has 0 aromatic carbocycles. The molecule has 120 valence electrons. The van der Waals surface area contributed by atoms with Gasteiger partial charge < -0.3 is 10.3 Å². The van der Waals surface area contributed by atoms with Crippen LogP contribution < -0.4 is 5.32 Å². The quantitative estimate of drug-likeness (QED) is 0.830. The number of piperidine rings is 1. The Bertz CT molecular complexity index is 527. The third-order valence-electron chi connectivity index (χ3n) is 4.29. The second-order valence-electron chi connectivity index (χ2n) is 5.97. The summed E-state index contributed by atoms with van der Waals surface area (Å²) in [5.74, 6) is 0.357. The summed E-state index contributed by atoms with van der Waals surface area (Å²) in [6.45, 7) is 7.60. The highest BCUT2D eigenvalue weighted by atomic mass is 32.2. The first kappa shape index (κ1) is 16.5. The molecule has 2 rings (SSSR count). The van der Waals surface area contributed by atoms with E-state index in [-0.39, 0.29) is 5.25 Å². The molecule has 0 amide bonds. The van der Waals surface area contributed by atoms with Crippen molar-refractivity contribution >= 4 is 10.0 Å². The van der Waals surface area contributed by atoms with Crippen LogP contribution in [0.1, 0.15) is 39.3 Å². The van der Waals surface area contributed by atoms with Crippen molar-refractivity contribution in [3.8, 4) is 0 Å². The van der Waals surface area contributed by atoms with E-state index < -0.39 is 10.0 Å². The fourth-order valence-corrected chi connectivity index (χ4v) is 4.19. The summed E-state index contributed by atoms with van der Waals surface area (Å²) in [4.78, 5) is 7.08. The Balaban J connectivity index is 1.95. The van der Waals surface area contributed by atoms with E-state index in [1.807, 2.05) is 6.20 Å². The molecule has 0 radical (unpaired) electrons. The maximum atomic E-state index is 12.3. The molecule has 1 aromatic heterocycles. The first-order chi connectivity index (χ1) is 9.95. The normalized spacial score (nSPS) is 24.6. The molecule has 2 N–H and O–H groups in total. The van der Waals surface area contributed by atoms with E-state index in [1.54, 1.807) is 24.5 Å². The van der Waals surface area contributed by atoms with Crippen molar-refractivity contribution in [2.75, 3.05) is 13.1 Å². The highest BCUT2D eigenvalue weighted by Gasteiger charge is 2.34. The highest BCUT2D eigenvalue weighted by Crippen LogP contribution is 2.24. The number of nitrogens with one attached hydrogen (secondary N) is 2. The van der Waals surface area contributed by atoms with Gasteiger partial charge in [-0.2, -0.15) is 0 Å². The lowest BCUT2D eigenvalue weighted by molar-refractivity contribution is 0.200. The van der Waals surface area contributed by atoms with E-state index in [0.29, 0.717) is 25.0 Å². The first-order valence-corrected chi connectivity index (χ1v) is 9.15. The fourth-order valence-electron chi connectivity index (χ4n) is 2.83. The van der Waals surface area contributed by atoms with Gasteiger partial charge >= 0.3 is 0 Å². The van der Waals surface area contributed by atoms with Crippen LogP contribution in [0, 0.1) is 5.92 Å². The summed E-state index contributed by atoms with van der Waals surface area (Å²) in [6, 6.07) is 0.358. The second kappa shape index (κ2) is 6.89. The van der Waals surface area contributed by atoms with Gasteiger partial charge in [0.1, 0.15) is 0 Å². The molecule has 0 bridgehead atoms. The monoisotopic (exact) mass is 314 g/mol. The molecule has 7 heteroatoms. The van der Waals surface area contributed by atoms with Gasteiger partial charge in [-0.3, -0.25) is 0 Å². The van der Waals surface area contributed by atoms with Crippen LogP contribution in [0.15, 0.2) is 12.5 Å². The topological polar surface area (TPSA) is 78.1 Å². The van der Waals surface area contributed by atoms with Crippen molar-refractivity contribution in [1.82, 2.24) is 19.6 Å². The molecule has 1 aliphatic heterocycles. The number of sulfonamides is 1. The molecule has 0 saturated carbocycles. The Labute approximate surface area is 127 Å². The number of H-pyrrole nitrogens is 1. The number of hydrogen-bond acceptors (Lipinski definition) is 4. The van der Waals surface area contributed by atoms with E-state index in [9.17, 15) is 8.42 Å². The zero-order chi connectivity index (χ0) is 15.5. The lowest BCUT2D eigenvalue weighted by Crippen LogP contribution is -2.52. The standard InChI is InChI=1S/C14H26N4O2S/c1-4-12-9-18(21(19,20)11(2)3)6-5-14(12)16-8-13-7-15-10-17-13/h7,10-12,14,16H,4-6,8-9H2,1-3H3,(H,15,17)/t12-,14+/m0/s1. The molecule has 0 aliphatic carbocycles. The third-order valence-corrected chi connectivity index (χ3v) is 6.53. The molecule has 2 heterocycles. The minimum Gasteiger partial charge on any atom is -0.347 e. The van der Waals surface area contributed by atoms with Crippen molar-refractivity contribution in [3.63, 3.8) is 0 Å². The van der Waals surface area contributed by atoms with Gasteiger partial charge in [-0.1, -0.05) is 13.3 Å². The van der Waals surface area contributed by atoms with Gasteiger partial charge in [0.25, 0.3) is 0 Å². The summed E-state index contributed by atoms with van der Waals surface area (Å²) in [5, 5.41) is 3.19. The largest absolute Gasteiger partial charge is 0.347 e. The Morgan fingerprint density at radius 2 is 2.29 bits per heavy atom. The number of nitrogens with zero attached hydrogens (tertiary/aromatic N) is 2. The number of aromatic amines is 1. The Kier molecular flexibility index (Phi) is 5.40. The zero-order valence-electron chi connectivity index (χ0n) is 13.0. The molecule has 1 aromatic rings. The fraction of sp³-hybridized carbons (Fsp3) is 0.786. The number of imidazole rings is 1. The van der Waals surface area contributed by atoms with Crippen molar-refractivity contribution in [2.24, 2.45) is 5.92 Å². The molecule has 6 nitrogen and oxygen atoms in total. The average molecular weight is 314 g/mol. The molecule has 2 atom stereocenters. The van der Waals surface area contributed by atoms with Gasteiger partial charge in [-0.05, 0) is 26.2 Å². The summed E-state index contributed by atoms with van der Waals surface area (Å²) in [6.07, 6.45) is 5.32. The van der Waals surface area contributed by atoms with Crippen LogP contribution >= 0.6 is 0 Å². The Morgan fingerprint density at radius 1 is 1.52 bits per heavy atom. The van der Waals surface area contributed by atoms with Crippen molar-refractivity contribution in [1.29, 1.82) is 0 Å². The SMILES string of the molecule is CC[C@H]1CN(S(=O)(=O)C(C)C)CC[C@H]1NCc1cnc[nH]1. The zero-order valence-corrected chi connectivity index (χ0v) is 13.9. The molecule has 0 unspecified atom stereocenters. The number of rotatable bonds is 6. The number of hydrogen-bond donors (Lipinski definition) is 2. The molecule has 1 fully saturated rings. The summed E-state index contributed by atoms with van der Waals surface area (Å²) in [5.41, 5.74) is 1.06. The van der Waals surface area contributed by atoms with Crippen LogP contribution in [0.2, 0.25) is 0 Å². The van der Waals surface area contributed by atoms with Crippen molar-refractivity contribution in [2.45, 2.75) is 51.4 Å². The van der Waals surface area contributed by atoms with Gasteiger partial charge in [0.05, 0.1) is 11.6 Å². The smallest absolute Gasteiger partial charge is 0.216 e. The molecular formula is C14H26N4O2S. The summed E-state index contributed by atoms with van der Waals surface area (Å²) >= 11 is 0. The maximum absolute atomic E-state index is 12.3. The molecular weight excluding hydrogens is 288 g/mol. The van der Waals surface area contributed by atoms with Gasteiger partial charge in [0.2, 0.25) is 10.0 Å². The van der Waals surface area contributed by atoms with Crippen LogP contribution in [0.4, 0.5) is 0 Å². The lowest BCUT2D eigenvalue weighted by Gasteiger charge is -2.38. The van der Waals surface area contributed by atoms with Crippen LogP contribution in [-0.4, -0.2) is 47.1 Å². The second-order valence-corrected chi connectivity index (χ2v) is 8.46. The van der Waals surface area contributed by atoms with Crippen LogP contribution in [0.5, 0.6) is 0 Å². The van der Waals surface area contributed by atoms with Crippen LogP contribution in [-0.2, 0) is 16.6 Å². The predicted octanol–water partition coefficient (Wildman–Crippen LogP) is 1.34. The van der Waals surface area contributed by atoms with Gasteiger partial charge in [0, 0.05) is 37.6 Å². The highest BCUT2D eigenvalue weighted by molar-refractivity contribution is 7.89. The van der Waals surface area contributed by atoms with Crippen LogP contribution in [0.25, 0.3) is 0 Å². The van der Waals surface area contributed by atoms with Gasteiger partial charge in [-0.15, -0.1) is 0 Å². The van der Waals surface area contributed by atoms with Gasteiger partial charge in [0.15, 0.2) is 0 Å². The molecule has 0 spiro atoms. The number of aromatic nitrogens is 2. The molecule has 21 heavy (non-hydrogen) atoms. The van der Waals surface area contributed by atoms with E-state index in [0.717, 1.165) is 25.1 Å². The van der Waals surface area contributed by atoms with E-state index in [2.05, 4.69) is 22.2 Å². The summed E-state index contributed by atoms with van der Waals surface area (Å²) < 4.78 is 26.2. The first-order valence-electron chi connectivity index (χ1n) is 7.64. The van der Waals surface area contributed by atoms with Crippen molar-refractivity contribution in [3.05, 3.63) is 18.2 Å². The lowest BCUT2D eigenvalue weighted by atomic mass is 9.91. The summed E-state index contributed by atoms with van der Waals surface area (Å²) in [7, 11) is -3.14. The third kappa shape index (κ3) is 3.84. The van der Waals surface area contributed by atoms with Crippen molar-refractivity contribution < 1.29 is 8.42 Å². The van der Waals surface area contributed by atoms with E-state index in [1.165, 1.54) is 0 Å². The van der Waals surface area contributed by atoms with Gasteiger partial charge in [-0.25, -0.2) is 17.7 Å². The Morgan fingerprint density at radius 3 is 2.86 bits per heavy atom.